The second-order valence-corrected chi connectivity index (χ2v) is 7.14. The number of rotatable bonds is 4. The Hall–Kier alpha value is -2.29. The Kier molecular flexibility index (Phi) is 3.90. The van der Waals surface area contributed by atoms with Gasteiger partial charge in [-0.2, -0.15) is 13.2 Å². The molecule has 0 radical (unpaired) electrons. The van der Waals surface area contributed by atoms with Crippen LogP contribution in [-0.2, 0) is 21.0 Å². The number of alkyl halides is 3. The predicted octanol–water partition coefficient (Wildman–Crippen LogP) is 2.91. The summed E-state index contributed by atoms with van der Waals surface area (Å²) in [5.74, 6) is -0.804. The molecule has 0 aliphatic heterocycles. The average molecular weight is 359 g/mol. The van der Waals surface area contributed by atoms with Crippen molar-refractivity contribution in [2.24, 2.45) is 5.92 Å². The highest BCUT2D eigenvalue weighted by molar-refractivity contribution is 7.90. The summed E-state index contributed by atoms with van der Waals surface area (Å²) in [6.45, 7) is 0. The third-order valence-corrected chi connectivity index (χ3v) is 5.13. The summed E-state index contributed by atoms with van der Waals surface area (Å²) in [5, 5.41) is 0. The van der Waals surface area contributed by atoms with E-state index in [4.69, 9.17) is 4.42 Å². The Labute approximate surface area is 135 Å². The molecule has 9 heteroatoms. The van der Waals surface area contributed by atoms with Crippen LogP contribution in [0.25, 0.3) is 0 Å². The topological polar surface area (TPSA) is 76.4 Å². The molecule has 128 valence electrons. The summed E-state index contributed by atoms with van der Waals surface area (Å²) in [5.41, 5.74) is -0.965. The summed E-state index contributed by atoms with van der Waals surface area (Å²) in [4.78, 5) is 11.6. The molecule has 1 aliphatic carbocycles. The fraction of sp³-hybridized carbons (Fsp3) is 0.267. The van der Waals surface area contributed by atoms with Crippen LogP contribution in [0.3, 0.4) is 0 Å². The molecule has 0 saturated heterocycles. The lowest BCUT2D eigenvalue weighted by Gasteiger charge is -2.09. The lowest BCUT2D eigenvalue weighted by Crippen LogP contribution is -2.32. The highest BCUT2D eigenvalue weighted by atomic mass is 32.2. The van der Waals surface area contributed by atoms with Gasteiger partial charge < -0.3 is 4.42 Å². The molecule has 2 atom stereocenters. The molecule has 1 fully saturated rings. The summed E-state index contributed by atoms with van der Waals surface area (Å²) >= 11 is 0. The first kappa shape index (κ1) is 16.6. The summed E-state index contributed by atoms with van der Waals surface area (Å²) in [6.07, 6.45) is -2.64. The first-order chi connectivity index (χ1) is 11.2. The minimum Gasteiger partial charge on any atom is -0.469 e. The van der Waals surface area contributed by atoms with Crippen LogP contribution in [0.15, 0.2) is 52.0 Å². The van der Waals surface area contributed by atoms with Gasteiger partial charge in [0.2, 0.25) is 5.91 Å². The van der Waals surface area contributed by atoms with Gasteiger partial charge in [-0.25, -0.2) is 13.1 Å². The molecule has 2 aromatic rings. The van der Waals surface area contributed by atoms with Crippen molar-refractivity contribution < 1.29 is 30.8 Å². The number of sulfonamides is 1. The number of carbonyl (C=O) groups is 1. The van der Waals surface area contributed by atoms with Gasteiger partial charge in [-0.05, 0) is 42.8 Å². The van der Waals surface area contributed by atoms with Crippen LogP contribution in [-0.4, -0.2) is 14.3 Å². The van der Waals surface area contributed by atoms with Crippen molar-refractivity contribution in [3.63, 3.8) is 0 Å². The number of benzene rings is 1. The van der Waals surface area contributed by atoms with Crippen LogP contribution in [0.5, 0.6) is 0 Å². The largest absolute Gasteiger partial charge is 0.469 e. The van der Waals surface area contributed by atoms with Crippen LogP contribution < -0.4 is 4.72 Å². The normalized spacial score (nSPS) is 20.6. The summed E-state index contributed by atoms with van der Waals surface area (Å²) < 4.78 is 68.7. The summed E-state index contributed by atoms with van der Waals surface area (Å²) in [7, 11) is -4.22. The predicted molar refractivity (Wildman–Crippen MR) is 76.3 cm³/mol. The number of amides is 1. The van der Waals surface area contributed by atoms with E-state index < -0.39 is 38.5 Å². The molecule has 1 heterocycles. The fourth-order valence-electron chi connectivity index (χ4n) is 2.39. The fourth-order valence-corrected chi connectivity index (χ4v) is 3.42. The molecular weight excluding hydrogens is 347 g/mol. The number of carbonyl (C=O) groups excluding carboxylic acids is 1. The summed E-state index contributed by atoms with van der Waals surface area (Å²) in [6, 6.07) is 6.30. The van der Waals surface area contributed by atoms with Crippen molar-refractivity contribution in [3.8, 4) is 0 Å². The molecule has 5 nitrogen and oxygen atoms in total. The van der Waals surface area contributed by atoms with Gasteiger partial charge in [-0.1, -0.05) is 0 Å². The van der Waals surface area contributed by atoms with Crippen LogP contribution in [0, 0.1) is 5.92 Å². The van der Waals surface area contributed by atoms with E-state index in [1.807, 2.05) is 4.72 Å². The maximum absolute atomic E-state index is 12.5. The minimum atomic E-state index is -4.56. The Bertz CT molecular complexity index is 842. The van der Waals surface area contributed by atoms with E-state index in [0.29, 0.717) is 24.3 Å². The molecule has 2 unspecified atom stereocenters. The maximum Gasteiger partial charge on any atom is 0.416 e. The van der Waals surface area contributed by atoms with E-state index in [9.17, 15) is 26.4 Å². The quantitative estimate of drug-likeness (QED) is 0.911. The van der Waals surface area contributed by atoms with Gasteiger partial charge in [-0.15, -0.1) is 0 Å². The SMILES string of the molecule is O=C(NS(=O)(=O)c1ccc(C(F)(F)F)cc1)C1CC1c1ccco1. The van der Waals surface area contributed by atoms with Crippen molar-refractivity contribution >= 4 is 15.9 Å². The molecule has 24 heavy (non-hydrogen) atoms. The molecule has 1 aromatic heterocycles. The van der Waals surface area contributed by atoms with E-state index in [-0.39, 0.29) is 5.92 Å². The molecule has 0 spiro atoms. The number of halogens is 3. The van der Waals surface area contributed by atoms with E-state index in [1.165, 1.54) is 6.26 Å². The van der Waals surface area contributed by atoms with E-state index in [0.717, 1.165) is 12.1 Å². The van der Waals surface area contributed by atoms with Gasteiger partial charge in [0.15, 0.2) is 0 Å². The standard InChI is InChI=1S/C15H12F3NO4S/c16-15(17,18)9-3-5-10(6-4-9)24(21,22)19-14(20)12-8-11(12)13-2-1-7-23-13/h1-7,11-12H,8H2,(H,19,20). The third-order valence-electron chi connectivity index (χ3n) is 3.76. The smallest absolute Gasteiger partial charge is 0.416 e. The van der Waals surface area contributed by atoms with Crippen molar-refractivity contribution in [1.82, 2.24) is 4.72 Å². The van der Waals surface area contributed by atoms with Crippen LogP contribution in [0.4, 0.5) is 13.2 Å². The van der Waals surface area contributed by atoms with E-state index in [1.54, 1.807) is 12.1 Å². The van der Waals surface area contributed by atoms with Crippen LogP contribution in [0.1, 0.15) is 23.7 Å². The number of hydrogen-bond acceptors (Lipinski definition) is 4. The second-order valence-electron chi connectivity index (χ2n) is 5.46. The zero-order valence-corrected chi connectivity index (χ0v) is 12.9. The lowest BCUT2D eigenvalue weighted by atomic mass is 10.2. The highest BCUT2D eigenvalue weighted by Crippen LogP contribution is 2.47. The Morgan fingerprint density at radius 2 is 1.83 bits per heavy atom. The first-order valence-electron chi connectivity index (χ1n) is 6.96. The van der Waals surface area contributed by atoms with Crippen molar-refractivity contribution in [2.75, 3.05) is 0 Å². The Morgan fingerprint density at radius 1 is 1.17 bits per heavy atom. The monoisotopic (exact) mass is 359 g/mol. The van der Waals surface area contributed by atoms with Crippen LogP contribution in [0.2, 0.25) is 0 Å². The van der Waals surface area contributed by atoms with Crippen molar-refractivity contribution in [3.05, 3.63) is 54.0 Å². The van der Waals surface area contributed by atoms with Crippen molar-refractivity contribution in [1.29, 1.82) is 0 Å². The third kappa shape index (κ3) is 3.30. The van der Waals surface area contributed by atoms with Gasteiger partial charge in [0.25, 0.3) is 10.0 Å². The zero-order valence-electron chi connectivity index (χ0n) is 12.1. The number of furan rings is 1. The van der Waals surface area contributed by atoms with Gasteiger partial charge in [0.1, 0.15) is 5.76 Å². The lowest BCUT2D eigenvalue weighted by molar-refractivity contribution is -0.137. The molecule has 1 N–H and O–H groups in total. The van der Waals surface area contributed by atoms with Gasteiger partial charge in [-0.3, -0.25) is 4.79 Å². The average Bonchev–Trinajstić information content (AvgIpc) is 3.12. The molecular formula is C15H12F3NO4S. The molecule has 3 rings (SSSR count). The molecule has 1 saturated carbocycles. The second kappa shape index (κ2) is 5.66. The maximum atomic E-state index is 12.5. The number of hydrogen-bond donors (Lipinski definition) is 1. The molecule has 1 aliphatic rings. The molecule has 0 bridgehead atoms. The van der Waals surface area contributed by atoms with Gasteiger partial charge >= 0.3 is 6.18 Å². The molecule has 1 amide bonds. The van der Waals surface area contributed by atoms with Crippen LogP contribution >= 0.6 is 0 Å². The highest BCUT2D eigenvalue weighted by Gasteiger charge is 2.47. The van der Waals surface area contributed by atoms with E-state index in [2.05, 4.69) is 0 Å². The molecule has 1 aromatic carbocycles. The van der Waals surface area contributed by atoms with E-state index >= 15 is 0 Å². The first-order valence-corrected chi connectivity index (χ1v) is 8.44. The minimum absolute atomic E-state index is 0.178. The zero-order chi connectivity index (χ0) is 17.5. The Balaban J connectivity index is 1.69. The number of nitrogens with one attached hydrogen (secondary N) is 1. The van der Waals surface area contributed by atoms with Gasteiger partial charge in [0.05, 0.1) is 16.7 Å². The Morgan fingerprint density at radius 3 is 2.38 bits per heavy atom. The van der Waals surface area contributed by atoms with Gasteiger partial charge in [0, 0.05) is 11.8 Å². The van der Waals surface area contributed by atoms with Crippen molar-refractivity contribution in [2.45, 2.75) is 23.4 Å².